The highest BCUT2D eigenvalue weighted by Crippen LogP contribution is 2.41. The van der Waals surface area contributed by atoms with Gasteiger partial charge in [-0.25, -0.2) is 23.9 Å². The Morgan fingerprint density at radius 2 is 1.92 bits per heavy atom. The van der Waals surface area contributed by atoms with Crippen molar-refractivity contribution in [2.24, 2.45) is 0 Å². The molecule has 48 heavy (non-hydrogen) atoms. The summed E-state index contributed by atoms with van der Waals surface area (Å²) >= 11 is 6.69. The SMILES string of the molecule is COc1cc(Oc2ccn3ncnc3c2)c(Cl)cc1Nc1ncnc2cc(N3CCOCC3)c(NC(=O)C(F)=CC3CCCN3C)cc12. The molecule has 0 spiro atoms. The number of hydrogen-bond donors (Lipinski definition) is 2. The normalized spacial score (nSPS) is 17.2. The molecule has 0 radical (unpaired) electrons. The Morgan fingerprint density at radius 3 is 2.71 bits per heavy atom. The van der Waals surface area contributed by atoms with Crippen LogP contribution in [-0.2, 0) is 9.53 Å². The number of methoxy groups -OCH3 is 1. The number of morpholine rings is 1. The van der Waals surface area contributed by atoms with E-state index in [9.17, 15) is 4.79 Å². The number of nitrogens with zero attached hydrogens (tertiary/aromatic N) is 7. The van der Waals surface area contributed by atoms with Crippen LogP contribution in [-0.4, -0.2) is 88.4 Å². The van der Waals surface area contributed by atoms with Crippen LogP contribution in [0.15, 0.2) is 67.2 Å². The molecule has 2 fully saturated rings. The number of ether oxygens (including phenoxy) is 3. The first-order chi connectivity index (χ1) is 23.4. The van der Waals surface area contributed by atoms with Crippen molar-refractivity contribution in [3.8, 4) is 17.2 Å². The predicted octanol–water partition coefficient (Wildman–Crippen LogP) is 5.59. The lowest BCUT2D eigenvalue weighted by atomic mass is 10.1. The van der Waals surface area contributed by atoms with E-state index in [1.54, 1.807) is 41.0 Å². The average Bonchev–Trinajstić information content (AvgIpc) is 3.74. The third-order valence-corrected chi connectivity index (χ3v) is 8.77. The minimum absolute atomic E-state index is 0.119. The van der Waals surface area contributed by atoms with Crippen molar-refractivity contribution in [1.82, 2.24) is 29.5 Å². The largest absolute Gasteiger partial charge is 0.494 e. The Bertz CT molecular complexity index is 2020. The van der Waals surface area contributed by atoms with Crippen LogP contribution in [0.2, 0.25) is 5.02 Å². The molecule has 248 valence electrons. The van der Waals surface area contributed by atoms with E-state index in [-0.39, 0.29) is 6.04 Å². The molecule has 3 aromatic heterocycles. The predicted molar refractivity (Wildman–Crippen MR) is 180 cm³/mol. The van der Waals surface area contributed by atoms with E-state index in [1.165, 1.54) is 25.8 Å². The fourth-order valence-electron chi connectivity index (χ4n) is 5.93. The first-order valence-corrected chi connectivity index (χ1v) is 15.9. The number of likely N-dealkylation sites (tertiary alicyclic amines) is 1. The second kappa shape index (κ2) is 13.6. The summed E-state index contributed by atoms with van der Waals surface area (Å²) in [4.78, 5) is 30.5. The summed E-state index contributed by atoms with van der Waals surface area (Å²) in [6.07, 6.45) is 7.79. The number of anilines is 4. The molecule has 2 saturated heterocycles. The highest BCUT2D eigenvalue weighted by Gasteiger charge is 2.24. The lowest BCUT2D eigenvalue weighted by Crippen LogP contribution is -2.36. The van der Waals surface area contributed by atoms with Crippen molar-refractivity contribution in [1.29, 1.82) is 0 Å². The third-order valence-electron chi connectivity index (χ3n) is 8.47. The molecule has 5 heterocycles. The van der Waals surface area contributed by atoms with Crippen molar-refractivity contribution in [2.45, 2.75) is 18.9 Å². The molecule has 2 aromatic carbocycles. The van der Waals surface area contributed by atoms with Gasteiger partial charge in [0.25, 0.3) is 5.91 Å². The maximum atomic E-state index is 15.2. The van der Waals surface area contributed by atoms with Crippen LogP contribution in [0.5, 0.6) is 17.2 Å². The van der Waals surface area contributed by atoms with Crippen LogP contribution in [0, 0.1) is 0 Å². The highest BCUT2D eigenvalue weighted by atomic mass is 35.5. The first-order valence-electron chi connectivity index (χ1n) is 15.5. The number of halogens is 2. The quantitative estimate of drug-likeness (QED) is 0.190. The van der Waals surface area contributed by atoms with Gasteiger partial charge in [-0.05, 0) is 56.8 Å². The summed E-state index contributed by atoms with van der Waals surface area (Å²) in [5.74, 6) is 0.110. The molecule has 13 nitrogen and oxygen atoms in total. The monoisotopic (exact) mass is 673 g/mol. The number of benzene rings is 2. The Morgan fingerprint density at radius 1 is 1.06 bits per heavy atom. The molecule has 15 heteroatoms. The third kappa shape index (κ3) is 6.54. The second-order valence-electron chi connectivity index (χ2n) is 11.5. The summed E-state index contributed by atoms with van der Waals surface area (Å²) in [5, 5.41) is 11.1. The first kappa shape index (κ1) is 31.5. The number of aromatic nitrogens is 5. The van der Waals surface area contributed by atoms with Crippen molar-refractivity contribution in [3.63, 3.8) is 0 Å². The topological polar surface area (TPSA) is 131 Å². The van der Waals surface area contributed by atoms with Crippen molar-refractivity contribution in [3.05, 3.63) is 72.2 Å². The standard InChI is InChI=1S/C33H33ClFN9O4/c1-42-6-3-4-20(42)12-24(35)33(45)41-26-14-22-25(16-28(26)43-8-10-47-11-9-43)36-18-38-32(22)40-27-15-23(34)29(17-30(27)46-2)48-21-5-7-44-31(13-21)37-19-39-44/h5,7,12-20H,3-4,6,8-11H2,1-2H3,(H,41,45)(H,36,38,40). The number of amides is 1. The van der Waals surface area contributed by atoms with Crippen LogP contribution >= 0.6 is 11.6 Å². The van der Waals surface area contributed by atoms with Gasteiger partial charge in [0.05, 0.1) is 47.9 Å². The van der Waals surface area contributed by atoms with E-state index in [1.807, 2.05) is 18.0 Å². The molecule has 1 atom stereocenters. The fourth-order valence-corrected chi connectivity index (χ4v) is 6.13. The molecule has 2 N–H and O–H groups in total. The van der Waals surface area contributed by atoms with Gasteiger partial charge in [0, 0.05) is 42.8 Å². The molecule has 0 bridgehead atoms. The van der Waals surface area contributed by atoms with Gasteiger partial charge in [-0.2, -0.15) is 5.10 Å². The Balaban J connectivity index is 1.21. The summed E-state index contributed by atoms with van der Waals surface area (Å²) in [5.41, 5.74) is 2.89. The van der Waals surface area contributed by atoms with Crippen LogP contribution in [0.25, 0.3) is 16.6 Å². The Labute approximate surface area is 280 Å². The molecule has 2 aliphatic heterocycles. The van der Waals surface area contributed by atoms with Crippen LogP contribution < -0.4 is 25.0 Å². The zero-order valence-corrected chi connectivity index (χ0v) is 27.1. The lowest BCUT2D eigenvalue weighted by molar-refractivity contribution is -0.114. The number of fused-ring (bicyclic) bond motifs is 2. The van der Waals surface area contributed by atoms with Gasteiger partial charge < -0.3 is 29.7 Å². The molecular formula is C33H33ClFN9O4. The van der Waals surface area contributed by atoms with Crippen molar-refractivity contribution in [2.75, 3.05) is 62.5 Å². The average molecular weight is 674 g/mol. The van der Waals surface area contributed by atoms with E-state index in [2.05, 4.69) is 35.6 Å². The number of rotatable bonds is 9. The maximum Gasteiger partial charge on any atom is 0.284 e. The number of hydrogen-bond acceptors (Lipinski definition) is 11. The molecular weight excluding hydrogens is 641 g/mol. The van der Waals surface area contributed by atoms with Crippen LogP contribution in [0.1, 0.15) is 12.8 Å². The summed E-state index contributed by atoms with van der Waals surface area (Å²) < 4.78 is 34.1. The number of pyridine rings is 1. The molecule has 0 aliphatic carbocycles. The Hall–Kier alpha value is -5.05. The van der Waals surface area contributed by atoms with E-state index in [0.29, 0.717) is 88.0 Å². The van der Waals surface area contributed by atoms with Gasteiger partial charge >= 0.3 is 0 Å². The summed E-state index contributed by atoms with van der Waals surface area (Å²) in [6.45, 7) is 3.13. The van der Waals surface area contributed by atoms with Gasteiger partial charge in [-0.1, -0.05) is 11.6 Å². The number of likely N-dealkylation sites (N-methyl/N-ethyl adjacent to an activating group) is 1. The smallest absolute Gasteiger partial charge is 0.284 e. The van der Waals surface area contributed by atoms with E-state index in [0.717, 1.165) is 19.4 Å². The van der Waals surface area contributed by atoms with Gasteiger partial charge in [0.15, 0.2) is 11.5 Å². The second-order valence-corrected chi connectivity index (χ2v) is 11.9. The van der Waals surface area contributed by atoms with Gasteiger partial charge in [0.1, 0.15) is 35.7 Å². The number of carbonyl (C=O) groups excluding carboxylic acids is 1. The zero-order valence-electron chi connectivity index (χ0n) is 26.3. The number of nitrogens with one attached hydrogen (secondary N) is 2. The van der Waals surface area contributed by atoms with Gasteiger partial charge in [-0.3, -0.25) is 9.69 Å². The molecule has 0 saturated carbocycles. The Kier molecular flexibility index (Phi) is 8.93. The fraction of sp³-hybridized carbons (Fsp3) is 0.303. The van der Waals surface area contributed by atoms with Crippen LogP contribution in [0.3, 0.4) is 0 Å². The summed E-state index contributed by atoms with van der Waals surface area (Å²) in [7, 11) is 3.46. The minimum Gasteiger partial charge on any atom is -0.494 e. The van der Waals surface area contributed by atoms with E-state index < -0.39 is 11.7 Å². The molecule has 7 rings (SSSR count). The zero-order chi connectivity index (χ0) is 33.2. The molecule has 5 aromatic rings. The minimum atomic E-state index is -0.826. The van der Waals surface area contributed by atoms with Crippen molar-refractivity contribution >= 4 is 56.9 Å². The summed E-state index contributed by atoms with van der Waals surface area (Å²) in [6, 6.07) is 10.3. The van der Waals surface area contributed by atoms with Gasteiger partial charge in [-0.15, -0.1) is 0 Å². The van der Waals surface area contributed by atoms with E-state index >= 15 is 4.39 Å². The molecule has 2 aliphatic rings. The molecule has 1 unspecified atom stereocenters. The van der Waals surface area contributed by atoms with E-state index in [4.69, 9.17) is 25.8 Å². The van der Waals surface area contributed by atoms with Crippen LogP contribution in [0.4, 0.5) is 27.3 Å². The highest BCUT2D eigenvalue weighted by molar-refractivity contribution is 6.32. The molecule has 1 amide bonds. The maximum absolute atomic E-state index is 15.2. The van der Waals surface area contributed by atoms with Gasteiger partial charge in [0.2, 0.25) is 0 Å². The number of carbonyl (C=O) groups is 1. The lowest BCUT2D eigenvalue weighted by Gasteiger charge is -2.31. The van der Waals surface area contributed by atoms with Crippen molar-refractivity contribution < 1.29 is 23.4 Å².